The summed E-state index contributed by atoms with van der Waals surface area (Å²) >= 11 is 0. The summed E-state index contributed by atoms with van der Waals surface area (Å²) in [5.41, 5.74) is -0.744. The summed E-state index contributed by atoms with van der Waals surface area (Å²) < 4.78 is 14.5. The molecule has 2 rings (SSSR count). The Bertz CT molecular complexity index is 671. The number of rotatable bonds is 5. The first-order valence-electron chi connectivity index (χ1n) is 8.33. The molecule has 2 nitrogen and oxygen atoms in total. The highest BCUT2D eigenvalue weighted by Gasteiger charge is 2.46. The maximum atomic E-state index is 14.5. The van der Waals surface area contributed by atoms with Crippen LogP contribution in [0, 0.1) is 5.41 Å². The lowest BCUT2D eigenvalue weighted by molar-refractivity contribution is 0.166. The number of allylic oxidation sites excluding steroid dienone is 1. The molecule has 128 valence electrons. The molecule has 0 aliphatic rings. The molecule has 0 saturated carbocycles. The molecule has 2 unspecified atom stereocenters. The van der Waals surface area contributed by atoms with Crippen LogP contribution in [0.25, 0.3) is 0 Å². The lowest BCUT2D eigenvalue weighted by Gasteiger charge is -2.40. The van der Waals surface area contributed by atoms with Gasteiger partial charge in [-0.05, 0) is 12.3 Å². The van der Waals surface area contributed by atoms with Crippen LogP contribution in [0.1, 0.15) is 27.7 Å². The SMILES string of the molecule is C/C=C/C(O)C(C(C)(C)C)P(=O)(c1ccccc1)c1ccccc1. The molecule has 0 aromatic heterocycles. The zero-order valence-corrected chi connectivity index (χ0v) is 15.8. The molecule has 0 aliphatic heterocycles. The lowest BCUT2D eigenvalue weighted by Crippen LogP contribution is -2.42. The van der Waals surface area contributed by atoms with Gasteiger partial charge >= 0.3 is 0 Å². The Morgan fingerprint density at radius 2 is 1.33 bits per heavy atom. The predicted molar refractivity (Wildman–Crippen MR) is 104 cm³/mol. The molecule has 0 bridgehead atoms. The van der Waals surface area contributed by atoms with Crippen LogP contribution in [-0.4, -0.2) is 16.9 Å². The minimum atomic E-state index is -3.04. The largest absolute Gasteiger partial charge is 0.388 e. The zero-order valence-electron chi connectivity index (χ0n) is 14.9. The topological polar surface area (TPSA) is 37.3 Å². The standard InChI is InChI=1S/C21H27O2P/c1-5-12-19(22)20(21(2,3)4)24(23,17-13-8-6-9-14-17)18-15-10-7-11-16-18/h5-16,19-20,22H,1-4H3/b12-5+. The third-order valence-electron chi connectivity index (χ3n) is 4.27. The molecular formula is C21H27O2P. The molecule has 2 aromatic carbocycles. The molecule has 0 spiro atoms. The fourth-order valence-electron chi connectivity index (χ4n) is 3.34. The van der Waals surface area contributed by atoms with Crippen LogP contribution in [0.2, 0.25) is 0 Å². The Morgan fingerprint density at radius 3 is 1.67 bits per heavy atom. The van der Waals surface area contributed by atoms with E-state index in [2.05, 4.69) is 0 Å². The first-order chi connectivity index (χ1) is 11.3. The van der Waals surface area contributed by atoms with E-state index in [4.69, 9.17) is 0 Å². The second-order valence-electron chi connectivity index (χ2n) is 7.16. The van der Waals surface area contributed by atoms with Crippen LogP contribution >= 0.6 is 7.14 Å². The van der Waals surface area contributed by atoms with Crippen molar-refractivity contribution in [1.82, 2.24) is 0 Å². The summed E-state index contributed by atoms with van der Waals surface area (Å²) in [4.78, 5) is 0. The molecular weight excluding hydrogens is 315 g/mol. The van der Waals surface area contributed by atoms with Gasteiger partial charge in [0.2, 0.25) is 0 Å². The molecule has 0 amide bonds. The highest BCUT2D eigenvalue weighted by molar-refractivity contribution is 7.79. The van der Waals surface area contributed by atoms with Gasteiger partial charge in [0, 0.05) is 10.6 Å². The van der Waals surface area contributed by atoms with Gasteiger partial charge < -0.3 is 9.67 Å². The van der Waals surface area contributed by atoms with E-state index in [0.29, 0.717) is 0 Å². The average Bonchev–Trinajstić information content (AvgIpc) is 2.55. The van der Waals surface area contributed by atoms with Crippen LogP contribution < -0.4 is 10.6 Å². The minimum Gasteiger partial charge on any atom is -0.388 e. The molecule has 1 N–H and O–H groups in total. The van der Waals surface area contributed by atoms with E-state index in [1.165, 1.54) is 0 Å². The van der Waals surface area contributed by atoms with Gasteiger partial charge in [0.15, 0.2) is 0 Å². The Kier molecular flexibility index (Phi) is 5.85. The molecule has 0 fully saturated rings. The molecule has 0 radical (unpaired) electrons. The molecule has 0 aliphatic carbocycles. The van der Waals surface area contributed by atoms with Crippen molar-refractivity contribution in [1.29, 1.82) is 0 Å². The quantitative estimate of drug-likeness (QED) is 0.648. The van der Waals surface area contributed by atoms with Crippen molar-refractivity contribution in [3.05, 3.63) is 72.8 Å². The maximum absolute atomic E-state index is 14.5. The average molecular weight is 342 g/mol. The van der Waals surface area contributed by atoms with Crippen molar-refractivity contribution in [2.24, 2.45) is 5.41 Å². The highest BCUT2D eigenvalue weighted by atomic mass is 31.2. The van der Waals surface area contributed by atoms with E-state index in [1.807, 2.05) is 94.4 Å². The summed E-state index contributed by atoms with van der Waals surface area (Å²) in [6.45, 7) is 8.01. The number of hydrogen-bond acceptors (Lipinski definition) is 2. The molecule has 2 atom stereocenters. The summed E-state index contributed by atoms with van der Waals surface area (Å²) in [7, 11) is -3.04. The highest BCUT2D eigenvalue weighted by Crippen LogP contribution is 2.56. The zero-order chi connectivity index (χ0) is 17.8. The summed E-state index contributed by atoms with van der Waals surface area (Å²) in [6.07, 6.45) is 2.79. The van der Waals surface area contributed by atoms with Crippen molar-refractivity contribution in [2.45, 2.75) is 39.5 Å². The third-order valence-corrected chi connectivity index (χ3v) is 8.27. The first kappa shape index (κ1) is 18.7. The third kappa shape index (κ3) is 3.71. The van der Waals surface area contributed by atoms with Gasteiger partial charge in [-0.15, -0.1) is 0 Å². The molecule has 0 heterocycles. The predicted octanol–water partition coefficient (Wildman–Crippen LogP) is 4.35. The molecule has 24 heavy (non-hydrogen) atoms. The normalized spacial score (nSPS) is 15.4. The van der Waals surface area contributed by atoms with Gasteiger partial charge in [0.05, 0.1) is 11.8 Å². The van der Waals surface area contributed by atoms with Crippen molar-refractivity contribution in [3.8, 4) is 0 Å². The Balaban J connectivity index is 2.76. The van der Waals surface area contributed by atoms with Gasteiger partial charge in [-0.2, -0.15) is 0 Å². The van der Waals surface area contributed by atoms with Crippen molar-refractivity contribution >= 4 is 17.8 Å². The fourth-order valence-corrected chi connectivity index (χ4v) is 7.14. The minimum absolute atomic E-state index is 0.333. The summed E-state index contributed by atoms with van der Waals surface area (Å²) in [5.74, 6) is 0. The van der Waals surface area contributed by atoms with Gasteiger partial charge in [-0.1, -0.05) is 93.6 Å². The second-order valence-corrected chi connectivity index (χ2v) is 10.1. The van der Waals surface area contributed by atoms with Crippen LogP contribution in [0.4, 0.5) is 0 Å². The van der Waals surface area contributed by atoms with E-state index in [1.54, 1.807) is 6.08 Å². The molecule has 0 saturated heterocycles. The van der Waals surface area contributed by atoms with Crippen molar-refractivity contribution in [3.63, 3.8) is 0 Å². The Labute approximate surface area is 145 Å². The maximum Gasteiger partial charge on any atom is 0.149 e. The van der Waals surface area contributed by atoms with Gasteiger partial charge in [-0.25, -0.2) is 0 Å². The van der Waals surface area contributed by atoms with Crippen LogP contribution in [0.5, 0.6) is 0 Å². The number of aliphatic hydroxyl groups excluding tert-OH is 1. The molecule has 3 heteroatoms. The van der Waals surface area contributed by atoms with E-state index in [9.17, 15) is 9.67 Å². The van der Waals surface area contributed by atoms with Gasteiger partial charge in [0.1, 0.15) is 7.14 Å². The van der Waals surface area contributed by atoms with Crippen LogP contribution in [-0.2, 0) is 4.57 Å². The van der Waals surface area contributed by atoms with E-state index in [-0.39, 0.29) is 5.41 Å². The van der Waals surface area contributed by atoms with Crippen LogP contribution in [0.3, 0.4) is 0 Å². The van der Waals surface area contributed by atoms with Crippen molar-refractivity contribution in [2.75, 3.05) is 0 Å². The van der Waals surface area contributed by atoms with E-state index in [0.717, 1.165) is 10.6 Å². The van der Waals surface area contributed by atoms with E-state index < -0.39 is 18.9 Å². The first-order valence-corrected chi connectivity index (χ1v) is 10.1. The Hall–Kier alpha value is -1.63. The monoisotopic (exact) mass is 342 g/mol. The smallest absolute Gasteiger partial charge is 0.149 e. The molecule has 2 aromatic rings. The number of hydrogen-bond donors (Lipinski definition) is 1. The van der Waals surface area contributed by atoms with Gasteiger partial charge in [0.25, 0.3) is 0 Å². The second kappa shape index (κ2) is 7.51. The van der Waals surface area contributed by atoms with Crippen molar-refractivity contribution < 1.29 is 9.67 Å². The fraction of sp³-hybridized carbons (Fsp3) is 0.333. The lowest BCUT2D eigenvalue weighted by atomic mass is 9.88. The number of benzene rings is 2. The Morgan fingerprint density at radius 1 is 0.917 bits per heavy atom. The van der Waals surface area contributed by atoms with E-state index >= 15 is 0 Å². The summed E-state index contributed by atoms with van der Waals surface area (Å²) in [6, 6.07) is 19.1. The summed E-state index contributed by atoms with van der Waals surface area (Å²) in [5, 5.41) is 12.4. The van der Waals surface area contributed by atoms with Gasteiger partial charge in [-0.3, -0.25) is 0 Å². The number of aliphatic hydroxyl groups is 1. The van der Waals surface area contributed by atoms with Crippen LogP contribution in [0.15, 0.2) is 72.8 Å².